The SMILES string of the molecule is O=C1CCC(C(=O)OCc2cc(-c3cccs3)on2)N1. The van der Waals surface area contributed by atoms with Crippen molar-refractivity contribution in [3.8, 4) is 10.6 Å². The highest BCUT2D eigenvalue weighted by atomic mass is 32.1. The summed E-state index contributed by atoms with van der Waals surface area (Å²) < 4.78 is 10.3. The lowest BCUT2D eigenvalue weighted by atomic mass is 10.2. The van der Waals surface area contributed by atoms with Crippen LogP contribution in [0.15, 0.2) is 28.1 Å². The van der Waals surface area contributed by atoms with Crippen molar-refractivity contribution in [2.24, 2.45) is 0 Å². The molecular formula is C13H12N2O4S. The highest BCUT2D eigenvalue weighted by Gasteiger charge is 2.28. The second-order valence-corrected chi connectivity index (χ2v) is 5.37. The van der Waals surface area contributed by atoms with Gasteiger partial charge in [0.15, 0.2) is 5.76 Å². The predicted molar refractivity (Wildman–Crippen MR) is 70.8 cm³/mol. The number of carbonyl (C=O) groups is 2. The molecule has 1 amide bonds. The number of aromatic nitrogens is 1. The number of thiophene rings is 1. The molecule has 1 aliphatic rings. The van der Waals surface area contributed by atoms with Crippen LogP contribution in [-0.2, 0) is 20.9 Å². The number of hydrogen-bond acceptors (Lipinski definition) is 6. The van der Waals surface area contributed by atoms with Gasteiger partial charge in [-0.2, -0.15) is 0 Å². The number of nitrogens with one attached hydrogen (secondary N) is 1. The lowest BCUT2D eigenvalue weighted by Crippen LogP contribution is -2.34. The van der Waals surface area contributed by atoms with Crippen molar-refractivity contribution in [1.82, 2.24) is 10.5 Å². The smallest absolute Gasteiger partial charge is 0.329 e. The molecule has 2 aromatic heterocycles. The van der Waals surface area contributed by atoms with E-state index in [0.717, 1.165) is 4.88 Å². The summed E-state index contributed by atoms with van der Waals surface area (Å²) in [6.07, 6.45) is 0.850. The number of amides is 1. The summed E-state index contributed by atoms with van der Waals surface area (Å²) in [5.41, 5.74) is 0.547. The molecule has 0 bridgehead atoms. The molecule has 3 rings (SSSR count). The normalized spacial score (nSPS) is 18.0. The summed E-state index contributed by atoms with van der Waals surface area (Å²) in [4.78, 5) is 23.7. The summed E-state index contributed by atoms with van der Waals surface area (Å²) >= 11 is 1.55. The van der Waals surface area contributed by atoms with Crippen molar-refractivity contribution < 1.29 is 18.8 Å². The van der Waals surface area contributed by atoms with Gasteiger partial charge in [0.05, 0.1) is 4.88 Å². The van der Waals surface area contributed by atoms with Crippen LogP contribution in [0, 0.1) is 0 Å². The van der Waals surface area contributed by atoms with Crippen LogP contribution in [0.2, 0.25) is 0 Å². The standard InChI is InChI=1S/C13H12N2O4S/c16-12-4-3-9(14-12)13(17)18-7-8-6-10(19-15-8)11-2-1-5-20-11/h1-2,5-6,9H,3-4,7H2,(H,14,16). The molecular weight excluding hydrogens is 280 g/mol. The number of carbonyl (C=O) groups excluding carboxylic acids is 2. The molecule has 1 saturated heterocycles. The Bertz CT molecular complexity index is 620. The highest BCUT2D eigenvalue weighted by Crippen LogP contribution is 2.25. The van der Waals surface area contributed by atoms with Crippen molar-refractivity contribution >= 4 is 23.2 Å². The maximum absolute atomic E-state index is 11.7. The Morgan fingerprint density at radius 3 is 3.20 bits per heavy atom. The Morgan fingerprint density at radius 2 is 2.50 bits per heavy atom. The first-order valence-corrected chi connectivity index (χ1v) is 7.06. The van der Waals surface area contributed by atoms with Crippen LogP contribution in [0.25, 0.3) is 10.6 Å². The lowest BCUT2D eigenvalue weighted by Gasteiger charge is -2.08. The van der Waals surface area contributed by atoms with Crippen LogP contribution >= 0.6 is 11.3 Å². The van der Waals surface area contributed by atoms with E-state index in [9.17, 15) is 9.59 Å². The lowest BCUT2D eigenvalue weighted by molar-refractivity contribution is -0.147. The van der Waals surface area contributed by atoms with Crippen molar-refractivity contribution in [2.75, 3.05) is 0 Å². The minimum Gasteiger partial charge on any atom is -0.458 e. The van der Waals surface area contributed by atoms with Gasteiger partial charge in [0.1, 0.15) is 18.3 Å². The summed E-state index contributed by atoms with van der Waals surface area (Å²) in [7, 11) is 0. The zero-order chi connectivity index (χ0) is 13.9. The van der Waals surface area contributed by atoms with Gasteiger partial charge in [0.25, 0.3) is 0 Å². The Labute approximate surface area is 118 Å². The summed E-state index contributed by atoms with van der Waals surface area (Å²) in [6, 6.07) is 5.05. The molecule has 0 aliphatic carbocycles. The molecule has 0 saturated carbocycles. The van der Waals surface area contributed by atoms with Gasteiger partial charge >= 0.3 is 5.97 Å². The first kappa shape index (κ1) is 12.9. The third-order valence-corrected chi connectivity index (χ3v) is 3.85. The van der Waals surface area contributed by atoms with Crippen molar-refractivity contribution in [1.29, 1.82) is 0 Å². The maximum atomic E-state index is 11.7. The fourth-order valence-corrected chi connectivity index (χ4v) is 2.62. The molecule has 2 aromatic rings. The van der Waals surface area contributed by atoms with Gasteiger partial charge in [-0.25, -0.2) is 4.79 Å². The maximum Gasteiger partial charge on any atom is 0.329 e. The third kappa shape index (κ3) is 2.72. The topological polar surface area (TPSA) is 81.4 Å². The molecule has 3 heterocycles. The molecule has 7 heteroatoms. The monoisotopic (exact) mass is 292 g/mol. The summed E-state index contributed by atoms with van der Waals surface area (Å²) in [6.45, 7) is 0.0417. The second kappa shape index (κ2) is 5.46. The van der Waals surface area contributed by atoms with E-state index in [1.165, 1.54) is 0 Å². The number of ether oxygens (including phenoxy) is 1. The van der Waals surface area contributed by atoms with Gasteiger partial charge < -0.3 is 14.6 Å². The van der Waals surface area contributed by atoms with E-state index >= 15 is 0 Å². The minimum atomic E-state index is -0.536. The number of rotatable bonds is 4. The molecule has 1 aliphatic heterocycles. The zero-order valence-electron chi connectivity index (χ0n) is 10.5. The van der Waals surface area contributed by atoms with E-state index in [0.29, 0.717) is 24.3 Å². The predicted octanol–water partition coefficient (Wildman–Crippen LogP) is 1.72. The molecule has 1 fully saturated rings. The minimum absolute atomic E-state index is 0.0417. The van der Waals surface area contributed by atoms with Crippen LogP contribution in [0.1, 0.15) is 18.5 Å². The average molecular weight is 292 g/mol. The second-order valence-electron chi connectivity index (χ2n) is 4.43. The molecule has 1 N–H and O–H groups in total. The number of esters is 1. The fourth-order valence-electron chi connectivity index (χ4n) is 1.95. The Hall–Kier alpha value is -2.15. The Morgan fingerprint density at radius 1 is 1.60 bits per heavy atom. The van der Waals surface area contributed by atoms with E-state index in [1.807, 2.05) is 17.5 Å². The molecule has 1 unspecified atom stereocenters. The first-order valence-electron chi connectivity index (χ1n) is 6.18. The van der Waals surface area contributed by atoms with Crippen molar-refractivity contribution in [2.45, 2.75) is 25.5 Å². The van der Waals surface area contributed by atoms with Crippen LogP contribution in [0.5, 0.6) is 0 Å². The molecule has 0 radical (unpaired) electrons. The van der Waals surface area contributed by atoms with Gasteiger partial charge in [-0.1, -0.05) is 11.2 Å². The largest absolute Gasteiger partial charge is 0.458 e. The van der Waals surface area contributed by atoms with Gasteiger partial charge in [0, 0.05) is 12.5 Å². The summed E-state index contributed by atoms with van der Waals surface area (Å²) in [5.74, 6) is 0.102. The van der Waals surface area contributed by atoms with E-state index < -0.39 is 12.0 Å². The van der Waals surface area contributed by atoms with Gasteiger partial charge in [-0.15, -0.1) is 11.3 Å². The Balaban J connectivity index is 1.56. The Kier molecular flexibility index (Phi) is 3.51. The zero-order valence-corrected chi connectivity index (χ0v) is 11.3. The van der Waals surface area contributed by atoms with Gasteiger partial charge in [0.2, 0.25) is 5.91 Å². The first-order chi connectivity index (χ1) is 9.72. The third-order valence-electron chi connectivity index (χ3n) is 2.97. The van der Waals surface area contributed by atoms with Crippen LogP contribution in [0.3, 0.4) is 0 Å². The molecule has 1 atom stereocenters. The van der Waals surface area contributed by atoms with E-state index in [-0.39, 0.29) is 12.5 Å². The summed E-state index contributed by atoms with van der Waals surface area (Å²) in [5, 5.41) is 8.36. The molecule has 20 heavy (non-hydrogen) atoms. The molecule has 6 nitrogen and oxygen atoms in total. The average Bonchev–Trinajstić information content (AvgIpc) is 3.16. The molecule has 0 aromatic carbocycles. The number of hydrogen-bond donors (Lipinski definition) is 1. The molecule has 104 valence electrons. The van der Waals surface area contributed by atoms with E-state index in [2.05, 4.69) is 10.5 Å². The van der Waals surface area contributed by atoms with Gasteiger partial charge in [-0.05, 0) is 17.9 Å². The van der Waals surface area contributed by atoms with Crippen LogP contribution < -0.4 is 5.32 Å². The fraction of sp³-hybridized carbons (Fsp3) is 0.308. The van der Waals surface area contributed by atoms with Crippen LogP contribution in [0.4, 0.5) is 0 Å². The van der Waals surface area contributed by atoms with Crippen molar-refractivity contribution in [3.05, 3.63) is 29.3 Å². The van der Waals surface area contributed by atoms with E-state index in [1.54, 1.807) is 17.4 Å². The quantitative estimate of drug-likeness (QED) is 0.868. The van der Waals surface area contributed by atoms with E-state index in [4.69, 9.17) is 9.26 Å². The highest BCUT2D eigenvalue weighted by molar-refractivity contribution is 7.13. The van der Waals surface area contributed by atoms with Crippen LogP contribution in [-0.4, -0.2) is 23.1 Å². The molecule has 0 spiro atoms. The van der Waals surface area contributed by atoms with Crippen molar-refractivity contribution in [3.63, 3.8) is 0 Å². The van der Waals surface area contributed by atoms with Gasteiger partial charge in [-0.3, -0.25) is 4.79 Å². The number of nitrogens with zero attached hydrogens (tertiary/aromatic N) is 1.